The molecule has 2 rings (SSSR count). The molecule has 0 aromatic heterocycles. The van der Waals surface area contributed by atoms with Gasteiger partial charge in [0.15, 0.2) is 0 Å². The minimum atomic E-state index is 0.0790. The predicted octanol–water partition coefficient (Wildman–Crippen LogP) is 3.36. The summed E-state index contributed by atoms with van der Waals surface area (Å²) in [6.45, 7) is 2.64. The van der Waals surface area contributed by atoms with Gasteiger partial charge in [0.2, 0.25) is 5.91 Å². The summed E-state index contributed by atoms with van der Waals surface area (Å²) in [5.41, 5.74) is 3.56. The van der Waals surface area contributed by atoms with E-state index in [-0.39, 0.29) is 11.9 Å². The Morgan fingerprint density at radius 2 is 1.88 bits per heavy atom. The zero-order valence-electron chi connectivity index (χ0n) is 15.6. The SMILES string of the molecule is COc1cccc(C(CNC(=O)CCc2ccc(C)cc2)N(C)C)c1. The van der Waals surface area contributed by atoms with Gasteiger partial charge in [0.25, 0.3) is 0 Å². The van der Waals surface area contributed by atoms with Crippen molar-refractivity contribution in [3.8, 4) is 5.75 Å². The molecule has 1 N–H and O–H groups in total. The van der Waals surface area contributed by atoms with Crippen LogP contribution in [0.15, 0.2) is 48.5 Å². The normalized spacial score (nSPS) is 12.0. The van der Waals surface area contributed by atoms with Crippen LogP contribution in [-0.4, -0.2) is 38.6 Å². The molecule has 0 fully saturated rings. The van der Waals surface area contributed by atoms with Crippen LogP contribution >= 0.6 is 0 Å². The molecule has 2 aromatic carbocycles. The van der Waals surface area contributed by atoms with Gasteiger partial charge in [0.05, 0.1) is 13.2 Å². The first kappa shape index (κ1) is 19.0. The number of benzene rings is 2. The molecular formula is C21H28N2O2. The first-order valence-electron chi connectivity index (χ1n) is 8.62. The average molecular weight is 340 g/mol. The van der Waals surface area contributed by atoms with Crippen molar-refractivity contribution < 1.29 is 9.53 Å². The molecular weight excluding hydrogens is 312 g/mol. The fourth-order valence-electron chi connectivity index (χ4n) is 2.76. The molecule has 0 aliphatic carbocycles. The maximum Gasteiger partial charge on any atom is 0.220 e. The Labute approximate surface area is 150 Å². The molecule has 0 spiro atoms. The first-order valence-corrected chi connectivity index (χ1v) is 8.62. The Balaban J connectivity index is 1.89. The van der Waals surface area contributed by atoms with Gasteiger partial charge in [-0.25, -0.2) is 0 Å². The first-order chi connectivity index (χ1) is 12.0. The van der Waals surface area contributed by atoms with Crippen molar-refractivity contribution in [2.24, 2.45) is 0 Å². The minimum absolute atomic E-state index is 0.0790. The highest BCUT2D eigenvalue weighted by Crippen LogP contribution is 2.22. The number of likely N-dealkylation sites (N-methyl/N-ethyl adjacent to an activating group) is 1. The summed E-state index contributed by atoms with van der Waals surface area (Å²) in [7, 11) is 5.70. The Hall–Kier alpha value is -2.33. The molecule has 0 radical (unpaired) electrons. The van der Waals surface area contributed by atoms with Crippen molar-refractivity contribution in [1.29, 1.82) is 0 Å². The third-order valence-electron chi connectivity index (χ3n) is 4.36. The lowest BCUT2D eigenvalue weighted by atomic mass is 10.0. The van der Waals surface area contributed by atoms with Crippen LogP contribution in [0.25, 0.3) is 0 Å². The lowest BCUT2D eigenvalue weighted by molar-refractivity contribution is -0.121. The third-order valence-corrected chi connectivity index (χ3v) is 4.36. The van der Waals surface area contributed by atoms with Gasteiger partial charge in [-0.1, -0.05) is 42.0 Å². The number of ether oxygens (including phenoxy) is 1. The molecule has 1 amide bonds. The molecule has 4 heteroatoms. The molecule has 0 saturated carbocycles. The fourth-order valence-corrected chi connectivity index (χ4v) is 2.76. The van der Waals surface area contributed by atoms with Crippen LogP contribution in [-0.2, 0) is 11.2 Å². The van der Waals surface area contributed by atoms with Gasteiger partial charge < -0.3 is 15.0 Å². The van der Waals surface area contributed by atoms with Crippen LogP contribution < -0.4 is 10.1 Å². The summed E-state index contributed by atoms with van der Waals surface area (Å²) in [6.07, 6.45) is 1.26. The van der Waals surface area contributed by atoms with Gasteiger partial charge in [0.1, 0.15) is 5.75 Å². The molecule has 4 nitrogen and oxygen atoms in total. The highest BCUT2D eigenvalue weighted by molar-refractivity contribution is 5.76. The van der Waals surface area contributed by atoms with E-state index in [4.69, 9.17) is 4.74 Å². The number of hydrogen-bond donors (Lipinski definition) is 1. The third kappa shape index (κ3) is 5.91. The van der Waals surface area contributed by atoms with Crippen LogP contribution in [0.5, 0.6) is 5.75 Å². The molecule has 0 aliphatic heterocycles. The maximum absolute atomic E-state index is 12.2. The topological polar surface area (TPSA) is 41.6 Å². The van der Waals surface area contributed by atoms with Crippen LogP contribution in [0, 0.1) is 6.92 Å². The Bertz CT molecular complexity index is 681. The summed E-state index contributed by atoms with van der Waals surface area (Å²) in [6, 6.07) is 16.4. The van der Waals surface area contributed by atoms with Gasteiger partial charge in [-0.05, 0) is 50.7 Å². The van der Waals surface area contributed by atoms with E-state index in [1.165, 1.54) is 11.1 Å². The molecule has 1 atom stereocenters. The minimum Gasteiger partial charge on any atom is -0.497 e. The summed E-state index contributed by atoms with van der Waals surface area (Å²) in [5, 5.41) is 3.06. The number of aryl methyl sites for hydroxylation is 2. The number of amides is 1. The van der Waals surface area contributed by atoms with Crippen molar-refractivity contribution >= 4 is 5.91 Å². The number of carbonyl (C=O) groups is 1. The molecule has 25 heavy (non-hydrogen) atoms. The van der Waals surface area contributed by atoms with Crippen LogP contribution in [0.4, 0.5) is 0 Å². The zero-order chi connectivity index (χ0) is 18.2. The molecule has 1 unspecified atom stereocenters. The maximum atomic E-state index is 12.2. The predicted molar refractivity (Wildman–Crippen MR) is 102 cm³/mol. The molecule has 134 valence electrons. The molecule has 0 bridgehead atoms. The number of rotatable bonds is 8. The summed E-state index contributed by atoms with van der Waals surface area (Å²) in [5.74, 6) is 0.908. The smallest absolute Gasteiger partial charge is 0.220 e. The van der Waals surface area contributed by atoms with E-state index in [1.807, 2.05) is 32.3 Å². The van der Waals surface area contributed by atoms with Gasteiger partial charge in [0, 0.05) is 13.0 Å². The van der Waals surface area contributed by atoms with E-state index in [2.05, 4.69) is 47.5 Å². The van der Waals surface area contributed by atoms with Crippen molar-refractivity contribution in [1.82, 2.24) is 10.2 Å². The highest BCUT2D eigenvalue weighted by atomic mass is 16.5. The fraction of sp³-hybridized carbons (Fsp3) is 0.381. The second-order valence-corrected chi connectivity index (χ2v) is 6.55. The quantitative estimate of drug-likeness (QED) is 0.801. The number of nitrogens with one attached hydrogen (secondary N) is 1. The monoisotopic (exact) mass is 340 g/mol. The van der Waals surface area contributed by atoms with E-state index in [9.17, 15) is 4.79 Å². The Morgan fingerprint density at radius 1 is 1.16 bits per heavy atom. The lowest BCUT2D eigenvalue weighted by Gasteiger charge is -2.25. The number of nitrogens with zero attached hydrogens (tertiary/aromatic N) is 1. The standard InChI is InChI=1S/C21H28N2O2/c1-16-8-10-17(11-9-16)12-13-21(24)22-15-20(23(2)3)18-6-5-7-19(14-18)25-4/h5-11,14,20H,12-13,15H2,1-4H3,(H,22,24). The lowest BCUT2D eigenvalue weighted by Crippen LogP contribution is -2.34. The van der Waals surface area contributed by atoms with Crippen LogP contribution in [0.1, 0.15) is 29.2 Å². The number of methoxy groups -OCH3 is 1. The molecule has 0 saturated heterocycles. The van der Waals surface area contributed by atoms with Gasteiger partial charge in [-0.2, -0.15) is 0 Å². The van der Waals surface area contributed by atoms with Crippen molar-refractivity contribution in [3.63, 3.8) is 0 Å². The van der Waals surface area contributed by atoms with Gasteiger partial charge in [-0.15, -0.1) is 0 Å². The highest BCUT2D eigenvalue weighted by Gasteiger charge is 2.16. The molecule has 2 aromatic rings. The van der Waals surface area contributed by atoms with E-state index in [0.717, 1.165) is 17.7 Å². The van der Waals surface area contributed by atoms with E-state index < -0.39 is 0 Å². The Morgan fingerprint density at radius 3 is 2.52 bits per heavy atom. The van der Waals surface area contributed by atoms with Crippen molar-refractivity contribution in [2.75, 3.05) is 27.7 Å². The van der Waals surface area contributed by atoms with E-state index >= 15 is 0 Å². The summed E-state index contributed by atoms with van der Waals surface area (Å²) < 4.78 is 5.30. The van der Waals surface area contributed by atoms with Gasteiger partial charge >= 0.3 is 0 Å². The second-order valence-electron chi connectivity index (χ2n) is 6.55. The summed E-state index contributed by atoms with van der Waals surface area (Å²) in [4.78, 5) is 14.3. The van der Waals surface area contributed by atoms with E-state index in [1.54, 1.807) is 7.11 Å². The van der Waals surface area contributed by atoms with Crippen molar-refractivity contribution in [3.05, 3.63) is 65.2 Å². The van der Waals surface area contributed by atoms with Crippen LogP contribution in [0.2, 0.25) is 0 Å². The van der Waals surface area contributed by atoms with Crippen molar-refractivity contribution in [2.45, 2.75) is 25.8 Å². The summed E-state index contributed by atoms with van der Waals surface area (Å²) >= 11 is 0. The Kier molecular flexibility index (Phi) is 7.02. The molecule has 0 heterocycles. The largest absolute Gasteiger partial charge is 0.497 e. The van der Waals surface area contributed by atoms with Gasteiger partial charge in [-0.3, -0.25) is 4.79 Å². The zero-order valence-corrected chi connectivity index (χ0v) is 15.6. The van der Waals surface area contributed by atoms with E-state index in [0.29, 0.717) is 13.0 Å². The number of hydrogen-bond acceptors (Lipinski definition) is 3. The second kappa shape index (κ2) is 9.23. The van der Waals surface area contributed by atoms with Crippen LogP contribution in [0.3, 0.4) is 0 Å². The number of carbonyl (C=O) groups excluding carboxylic acids is 1. The molecule has 0 aliphatic rings. The average Bonchev–Trinajstić information content (AvgIpc) is 2.61.